The molecule has 1 aromatic rings. The zero-order valence-electron chi connectivity index (χ0n) is 10.5. The molecule has 0 aliphatic rings. The molecule has 0 unspecified atom stereocenters. The summed E-state index contributed by atoms with van der Waals surface area (Å²) in [7, 11) is 1.22. The van der Waals surface area contributed by atoms with Crippen molar-refractivity contribution in [1.82, 2.24) is 0 Å². The van der Waals surface area contributed by atoms with E-state index >= 15 is 0 Å². The maximum absolute atomic E-state index is 11.8. The molecule has 0 N–H and O–H groups in total. The van der Waals surface area contributed by atoms with Crippen LogP contribution >= 0.6 is 0 Å². The van der Waals surface area contributed by atoms with Crippen LogP contribution in [0, 0.1) is 0 Å². The van der Waals surface area contributed by atoms with E-state index in [-0.39, 0.29) is 11.1 Å². The fraction of sp³-hybridized carbons (Fsp3) is 0.385. The fourth-order valence-corrected chi connectivity index (χ4v) is 1.35. The third-order valence-electron chi connectivity index (χ3n) is 2.26. The number of esters is 1. The van der Waals surface area contributed by atoms with Crippen molar-refractivity contribution in [3.05, 3.63) is 35.4 Å². The second kappa shape index (κ2) is 7.45. The number of benzene rings is 1. The van der Waals surface area contributed by atoms with Crippen LogP contribution in [0.3, 0.4) is 0 Å². The number of ether oxygens (including phenoxy) is 1. The number of unbranched alkanes of at least 4 members (excludes halogenated alkanes) is 1. The van der Waals surface area contributed by atoms with Gasteiger partial charge >= 0.3 is 11.9 Å². The molecule has 0 aliphatic heterocycles. The van der Waals surface area contributed by atoms with Crippen LogP contribution in [-0.4, -0.2) is 25.7 Å². The zero-order chi connectivity index (χ0) is 13.4. The van der Waals surface area contributed by atoms with Gasteiger partial charge in [-0.2, -0.15) is 4.89 Å². The Labute approximate surface area is 106 Å². The SMILES string of the molecule is CCCCOC(=O)c1ccccc1C(=O)OOC. The van der Waals surface area contributed by atoms with Crippen molar-refractivity contribution < 1.29 is 24.1 Å². The first-order chi connectivity index (χ1) is 8.70. The van der Waals surface area contributed by atoms with Crippen LogP contribution in [0.5, 0.6) is 0 Å². The minimum absolute atomic E-state index is 0.126. The van der Waals surface area contributed by atoms with Gasteiger partial charge in [0.2, 0.25) is 0 Å². The van der Waals surface area contributed by atoms with E-state index in [0.717, 1.165) is 12.8 Å². The van der Waals surface area contributed by atoms with Gasteiger partial charge in [-0.25, -0.2) is 9.59 Å². The molecule has 0 bridgehead atoms. The summed E-state index contributed by atoms with van der Waals surface area (Å²) in [5.41, 5.74) is 0.302. The minimum atomic E-state index is -0.722. The molecular formula is C13H16O5. The molecule has 0 heterocycles. The highest BCUT2D eigenvalue weighted by atomic mass is 17.2. The van der Waals surface area contributed by atoms with Gasteiger partial charge in [-0.15, -0.1) is 0 Å². The van der Waals surface area contributed by atoms with Gasteiger partial charge in [-0.3, -0.25) is 4.89 Å². The Balaban J connectivity index is 2.81. The Morgan fingerprint density at radius 3 is 2.28 bits per heavy atom. The first-order valence-electron chi connectivity index (χ1n) is 5.71. The number of rotatable bonds is 6. The van der Waals surface area contributed by atoms with Crippen molar-refractivity contribution in [3.63, 3.8) is 0 Å². The lowest BCUT2D eigenvalue weighted by Crippen LogP contribution is -2.14. The summed E-state index contributed by atoms with van der Waals surface area (Å²) in [6.07, 6.45) is 1.72. The van der Waals surface area contributed by atoms with Crippen molar-refractivity contribution in [2.45, 2.75) is 19.8 Å². The Morgan fingerprint density at radius 1 is 1.11 bits per heavy atom. The fourth-order valence-electron chi connectivity index (χ4n) is 1.35. The Kier molecular flexibility index (Phi) is 5.87. The van der Waals surface area contributed by atoms with Gasteiger partial charge in [0, 0.05) is 0 Å². The molecule has 98 valence electrons. The van der Waals surface area contributed by atoms with Gasteiger partial charge in [0.15, 0.2) is 0 Å². The van der Waals surface area contributed by atoms with Crippen LogP contribution in [0.2, 0.25) is 0 Å². The third kappa shape index (κ3) is 3.85. The molecular weight excluding hydrogens is 236 g/mol. The topological polar surface area (TPSA) is 61.8 Å². The number of carbonyl (C=O) groups excluding carboxylic acids is 2. The lowest BCUT2D eigenvalue weighted by molar-refractivity contribution is -0.216. The van der Waals surface area contributed by atoms with Gasteiger partial charge < -0.3 is 4.74 Å². The van der Waals surface area contributed by atoms with Crippen molar-refractivity contribution >= 4 is 11.9 Å². The second-order valence-corrected chi connectivity index (χ2v) is 3.57. The lowest BCUT2D eigenvalue weighted by atomic mass is 10.1. The maximum atomic E-state index is 11.8. The van der Waals surface area contributed by atoms with Gasteiger partial charge in [0.05, 0.1) is 24.8 Å². The highest BCUT2D eigenvalue weighted by molar-refractivity contribution is 6.02. The summed E-state index contributed by atoms with van der Waals surface area (Å²) in [5.74, 6) is -1.26. The quantitative estimate of drug-likeness (QED) is 0.336. The van der Waals surface area contributed by atoms with E-state index in [2.05, 4.69) is 9.78 Å². The monoisotopic (exact) mass is 252 g/mol. The highest BCUT2D eigenvalue weighted by Crippen LogP contribution is 2.12. The standard InChI is InChI=1S/C13H16O5/c1-3-4-9-17-12(14)10-7-5-6-8-11(10)13(15)18-16-2/h5-8H,3-4,9H2,1-2H3. The van der Waals surface area contributed by atoms with Crippen LogP contribution in [0.1, 0.15) is 40.5 Å². The van der Waals surface area contributed by atoms with Gasteiger partial charge in [0.25, 0.3) is 0 Å². The third-order valence-corrected chi connectivity index (χ3v) is 2.26. The van der Waals surface area contributed by atoms with E-state index < -0.39 is 11.9 Å². The Morgan fingerprint density at radius 2 is 1.72 bits per heavy atom. The molecule has 5 heteroatoms. The predicted octanol–water partition coefficient (Wildman–Crippen LogP) is 2.36. The molecule has 0 amide bonds. The summed E-state index contributed by atoms with van der Waals surface area (Å²) in [6, 6.07) is 6.29. The molecule has 0 aromatic heterocycles. The molecule has 1 aromatic carbocycles. The first kappa shape index (κ1) is 14.2. The summed E-state index contributed by atoms with van der Waals surface area (Å²) in [5, 5.41) is 0. The van der Waals surface area contributed by atoms with Crippen LogP contribution in [-0.2, 0) is 14.5 Å². The predicted molar refractivity (Wildman–Crippen MR) is 64.1 cm³/mol. The lowest BCUT2D eigenvalue weighted by Gasteiger charge is -2.07. The smallest absolute Gasteiger partial charge is 0.373 e. The van der Waals surface area contributed by atoms with E-state index in [4.69, 9.17) is 4.74 Å². The average molecular weight is 252 g/mol. The van der Waals surface area contributed by atoms with Crippen LogP contribution in [0.25, 0.3) is 0 Å². The van der Waals surface area contributed by atoms with E-state index in [9.17, 15) is 9.59 Å². The summed E-state index contributed by atoms with van der Waals surface area (Å²) < 4.78 is 5.05. The van der Waals surface area contributed by atoms with Crippen LogP contribution < -0.4 is 0 Å². The van der Waals surface area contributed by atoms with Crippen molar-refractivity contribution in [3.8, 4) is 0 Å². The van der Waals surface area contributed by atoms with Crippen molar-refractivity contribution in [1.29, 1.82) is 0 Å². The molecule has 0 saturated carbocycles. The minimum Gasteiger partial charge on any atom is -0.462 e. The average Bonchev–Trinajstić information content (AvgIpc) is 2.39. The highest BCUT2D eigenvalue weighted by Gasteiger charge is 2.19. The van der Waals surface area contributed by atoms with Crippen molar-refractivity contribution in [2.24, 2.45) is 0 Å². The van der Waals surface area contributed by atoms with E-state index in [1.54, 1.807) is 12.1 Å². The summed E-state index contributed by atoms with van der Waals surface area (Å²) in [4.78, 5) is 32.0. The van der Waals surface area contributed by atoms with E-state index in [0.29, 0.717) is 6.61 Å². The Bertz CT molecular complexity index is 414. The molecule has 0 radical (unpaired) electrons. The van der Waals surface area contributed by atoms with E-state index in [1.807, 2.05) is 6.92 Å². The Hall–Kier alpha value is -1.88. The normalized spacial score (nSPS) is 9.89. The molecule has 5 nitrogen and oxygen atoms in total. The number of carbonyl (C=O) groups is 2. The molecule has 0 atom stereocenters. The maximum Gasteiger partial charge on any atom is 0.373 e. The second-order valence-electron chi connectivity index (χ2n) is 3.57. The van der Waals surface area contributed by atoms with Gasteiger partial charge in [0.1, 0.15) is 0 Å². The van der Waals surface area contributed by atoms with Crippen molar-refractivity contribution in [2.75, 3.05) is 13.7 Å². The van der Waals surface area contributed by atoms with Crippen LogP contribution in [0.15, 0.2) is 24.3 Å². The summed E-state index contributed by atoms with van der Waals surface area (Å²) in [6.45, 7) is 2.33. The molecule has 0 saturated heterocycles. The van der Waals surface area contributed by atoms with Crippen LogP contribution in [0.4, 0.5) is 0 Å². The molecule has 0 aliphatic carbocycles. The molecule has 0 spiro atoms. The zero-order valence-corrected chi connectivity index (χ0v) is 10.5. The van der Waals surface area contributed by atoms with Gasteiger partial charge in [-0.05, 0) is 18.6 Å². The summed E-state index contributed by atoms with van der Waals surface area (Å²) >= 11 is 0. The van der Waals surface area contributed by atoms with E-state index in [1.165, 1.54) is 19.2 Å². The van der Waals surface area contributed by atoms with Gasteiger partial charge in [-0.1, -0.05) is 25.5 Å². The molecule has 18 heavy (non-hydrogen) atoms. The molecule has 0 fully saturated rings. The largest absolute Gasteiger partial charge is 0.462 e. The number of hydrogen-bond donors (Lipinski definition) is 0. The molecule has 1 rings (SSSR count). The first-order valence-corrected chi connectivity index (χ1v) is 5.71. The number of hydrogen-bond acceptors (Lipinski definition) is 5.